The van der Waals surface area contributed by atoms with E-state index in [9.17, 15) is 4.39 Å². The second-order valence-corrected chi connectivity index (χ2v) is 6.41. The molecule has 0 atom stereocenters. The zero-order valence-corrected chi connectivity index (χ0v) is 13.6. The van der Waals surface area contributed by atoms with Gasteiger partial charge in [0.15, 0.2) is 5.96 Å². The SMILES string of the molecule is Cc1ccc(NC(N)=NCC2(c3ccc(F)cc3)CC2)cc1C. The lowest BCUT2D eigenvalue weighted by Crippen LogP contribution is -2.25. The summed E-state index contributed by atoms with van der Waals surface area (Å²) in [6.07, 6.45) is 2.14. The van der Waals surface area contributed by atoms with Gasteiger partial charge in [-0.1, -0.05) is 18.2 Å². The molecule has 2 aromatic carbocycles. The van der Waals surface area contributed by atoms with E-state index >= 15 is 0 Å². The molecule has 3 rings (SSSR count). The second-order valence-electron chi connectivity index (χ2n) is 6.41. The molecule has 2 aromatic rings. The molecule has 1 fully saturated rings. The summed E-state index contributed by atoms with van der Waals surface area (Å²) in [5, 5.41) is 3.14. The summed E-state index contributed by atoms with van der Waals surface area (Å²) in [7, 11) is 0. The molecule has 0 unspecified atom stereocenters. The van der Waals surface area contributed by atoms with Crippen molar-refractivity contribution < 1.29 is 4.39 Å². The van der Waals surface area contributed by atoms with Gasteiger partial charge in [0.2, 0.25) is 0 Å². The highest BCUT2D eigenvalue weighted by Gasteiger charge is 2.44. The van der Waals surface area contributed by atoms with Crippen molar-refractivity contribution in [3.8, 4) is 0 Å². The standard InChI is InChI=1S/C19H22FN3/c1-13-3-8-17(11-14(13)2)23-18(21)22-12-19(9-10-19)15-4-6-16(20)7-5-15/h3-8,11H,9-10,12H2,1-2H3,(H3,21,22,23). The molecule has 23 heavy (non-hydrogen) atoms. The molecule has 4 heteroatoms. The normalized spacial score (nSPS) is 16.2. The number of aliphatic imine (C=N–C) groups is 1. The first-order valence-electron chi connectivity index (χ1n) is 7.89. The van der Waals surface area contributed by atoms with Gasteiger partial charge in [-0.15, -0.1) is 0 Å². The lowest BCUT2D eigenvalue weighted by Gasteiger charge is -2.14. The fraction of sp³-hybridized carbons (Fsp3) is 0.316. The summed E-state index contributed by atoms with van der Waals surface area (Å²) < 4.78 is 13.1. The van der Waals surface area contributed by atoms with Crippen LogP contribution < -0.4 is 11.1 Å². The minimum atomic E-state index is -0.205. The molecule has 0 spiro atoms. The van der Waals surface area contributed by atoms with Crippen molar-refractivity contribution >= 4 is 11.6 Å². The number of guanidine groups is 1. The van der Waals surface area contributed by atoms with Crippen molar-refractivity contribution in [1.29, 1.82) is 0 Å². The zero-order valence-electron chi connectivity index (χ0n) is 13.6. The minimum Gasteiger partial charge on any atom is -0.370 e. The molecule has 1 aliphatic rings. The molecule has 120 valence electrons. The summed E-state index contributed by atoms with van der Waals surface area (Å²) in [6, 6.07) is 12.8. The predicted molar refractivity (Wildman–Crippen MR) is 93.3 cm³/mol. The number of nitrogens with two attached hydrogens (primary N) is 1. The van der Waals surface area contributed by atoms with Gasteiger partial charge >= 0.3 is 0 Å². The first kappa shape index (κ1) is 15.5. The summed E-state index contributed by atoms with van der Waals surface area (Å²) in [6.45, 7) is 4.78. The van der Waals surface area contributed by atoms with Crippen LogP contribution in [0.25, 0.3) is 0 Å². The van der Waals surface area contributed by atoms with Crippen LogP contribution >= 0.6 is 0 Å². The van der Waals surface area contributed by atoms with Gasteiger partial charge in [-0.2, -0.15) is 0 Å². The molecule has 0 aliphatic heterocycles. The summed E-state index contributed by atoms with van der Waals surface area (Å²) in [4.78, 5) is 4.49. The number of nitrogens with zero attached hydrogens (tertiary/aromatic N) is 1. The number of anilines is 1. The van der Waals surface area contributed by atoms with Crippen LogP contribution in [0.3, 0.4) is 0 Å². The van der Waals surface area contributed by atoms with Gasteiger partial charge in [0.1, 0.15) is 5.82 Å². The van der Waals surface area contributed by atoms with E-state index in [0.717, 1.165) is 24.1 Å². The maximum atomic E-state index is 13.1. The van der Waals surface area contributed by atoms with Crippen molar-refractivity contribution in [2.45, 2.75) is 32.1 Å². The smallest absolute Gasteiger partial charge is 0.193 e. The van der Waals surface area contributed by atoms with Gasteiger partial charge in [0.25, 0.3) is 0 Å². The number of benzene rings is 2. The first-order chi connectivity index (χ1) is 11.0. The monoisotopic (exact) mass is 311 g/mol. The van der Waals surface area contributed by atoms with Gasteiger partial charge in [0, 0.05) is 11.1 Å². The number of nitrogens with one attached hydrogen (secondary N) is 1. The Balaban J connectivity index is 1.67. The largest absolute Gasteiger partial charge is 0.370 e. The van der Waals surface area contributed by atoms with Crippen LogP contribution in [0.2, 0.25) is 0 Å². The lowest BCUT2D eigenvalue weighted by atomic mass is 9.96. The third kappa shape index (κ3) is 3.52. The van der Waals surface area contributed by atoms with E-state index in [4.69, 9.17) is 5.73 Å². The average molecular weight is 311 g/mol. The molecule has 0 radical (unpaired) electrons. The zero-order chi connectivity index (χ0) is 16.4. The fourth-order valence-corrected chi connectivity index (χ4v) is 2.74. The molecule has 1 aliphatic carbocycles. The van der Waals surface area contributed by atoms with E-state index < -0.39 is 0 Å². The molecular weight excluding hydrogens is 289 g/mol. The van der Waals surface area contributed by atoms with Crippen LogP contribution in [0, 0.1) is 19.7 Å². The average Bonchev–Trinajstić information content (AvgIpc) is 3.31. The predicted octanol–water partition coefficient (Wildman–Crippen LogP) is 3.90. The van der Waals surface area contributed by atoms with E-state index in [1.165, 1.54) is 23.3 Å². The number of aryl methyl sites for hydroxylation is 2. The Labute approximate surface area is 136 Å². The Morgan fingerprint density at radius 2 is 1.83 bits per heavy atom. The van der Waals surface area contributed by atoms with Crippen molar-refractivity contribution in [3.05, 3.63) is 65.0 Å². The topological polar surface area (TPSA) is 50.4 Å². The van der Waals surface area contributed by atoms with E-state index in [0.29, 0.717) is 12.5 Å². The third-order valence-corrected chi connectivity index (χ3v) is 4.64. The van der Waals surface area contributed by atoms with Crippen molar-refractivity contribution in [3.63, 3.8) is 0 Å². The van der Waals surface area contributed by atoms with Gasteiger partial charge < -0.3 is 11.1 Å². The molecule has 0 bridgehead atoms. The maximum absolute atomic E-state index is 13.1. The quantitative estimate of drug-likeness (QED) is 0.664. The number of hydrogen-bond acceptors (Lipinski definition) is 1. The van der Waals surface area contributed by atoms with E-state index in [1.807, 2.05) is 18.2 Å². The highest BCUT2D eigenvalue weighted by molar-refractivity contribution is 5.92. The van der Waals surface area contributed by atoms with Crippen LogP contribution in [0.4, 0.5) is 10.1 Å². The molecule has 1 saturated carbocycles. The molecule has 0 heterocycles. The van der Waals surface area contributed by atoms with Crippen LogP contribution in [0.5, 0.6) is 0 Å². The number of hydrogen-bond donors (Lipinski definition) is 2. The third-order valence-electron chi connectivity index (χ3n) is 4.64. The maximum Gasteiger partial charge on any atom is 0.193 e. The minimum absolute atomic E-state index is 0.0309. The summed E-state index contributed by atoms with van der Waals surface area (Å²) in [5.74, 6) is 0.214. The van der Waals surface area contributed by atoms with Crippen molar-refractivity contribution in [1.82, 2.24) is 0 Å². The highest BCUT2D eigenvalue weighted by Crippen LogP contribution is 2.48. The van der Waals surface area contributed by atoms with E-state index in [-0.39, 0.29) is 11.2 Å². The summed E-state index contributed by atoms with van der Waals surface area (Å²) >= 11 is 0. The molecule has 3 N–H and O–H groups in total. The Morgan fingerprint density at radius 3 is 2.43 bits per heavy atom. The van der Waals surface area contributed by atoms with Crippen molar-refractivity contribution in [2.24, 2.45) is 10.7 Å². The van der Waals surface area contributed by atoms with Gasteiger partial charge in [-0.05, 0) is 67.6 Å². The molecule has 3 nitrogen and oxygen atoms in total. The first-order valence-corrected chi connectivity index (χ1v) is 7.89. The molecule has 0 amide bonds. The van der Waals surface area contributed by atoms with Crippen LogP contribution in [-0.2, 0) is 5.41 Å². The lowest BCUT2D eigenvalue weighted by molar-refractivity contribution is 0.623. The Bertz CT molecular complexity index is 731. The Kier molecular flexibility index (Phi) is 4.07. The van der Waals surface area contributed by atoms with Crippen molar-refractivity contribution in [2.75, 3.05) is 11.9 Å². The van der Waals surface area contributed by atoms with Crippen LogP contribution in [0.1, 0.15) is 29.5 Å². The Hall–Kier alpha value is -2.36. The highest BCUT2D eigenvalue weighted by atomic mass is 19.1. The van der Waals surface area contributed by atoms with Gasteiger partial charge in [0.05, 0.1) is 6.54 Å². The van der Waals surface area contributed by atoms with Crippen LogP contribution in [-0.4, -0.2) is 12.5 Å². The van der Waals surface area contributed by atoms with Crippen LogP contribution in [0.15, 0.2) is 47.5 Å². The van der Waals surface area contributed by atoms with Gasteiger partial charge in [-0.3, -0.25) is 4.99 Å². The molecular formula is C19H22FN3. The fourth-order valence-electron chi connectivity index (χ4n) is 2.74. The second kappa shape index (κ2) is 6.03. The molecule has 0 saturated heterocycles. The number of rotatable bonds is 4. The van der Waals surface area contributed by atoms with Gasteiger partial charge in [-0.25, -0.2) is 4.39 Å². The van der Waals surface area contributed by atoms with E-state index in [1.54, 1.807) is 0 Å². The summed E-state index contributed by atoms with van der Waals surface area (Å²) in [5.41, 5.74) is 10.6. The van der Waals surface area contributed by atoms with E-state index in [2.05, 4.69) is 36.3 Å². The number of halogens is 1. The molecule has 0 aromatic heterocycles. The Morgan fingerprint density at radius 1 is 1.13 bits per heavy atom.